The van der Waals surface area contributed by atoms with E-state index >= 15 is 0 Å². The standard InChI is InChI=1S/C15H24N2O4/c1-10-8-12(18)17(11(2)14(10)15(20)21)9-13(19)16-6-4-3-5-7-16/h10-11,14H,3-9H2,1-2H3,(H,20,21). The van der Waals surface area contributed by atoms with Gasteiger partial charge in [0.2, 0.25) is 11.8 Å². The van der Waals surface area contributed by atoms with Gasteiger partial charge in [0.25, 0.3) is 0 Å². The minimum Gasteiger partial charge on any atom is -0.481 e. The molecule has 3 atom stereocenters. The molecule has 2 aliphatic heterocycles. The Kier molecular flexibility index (Phi) is 4.85. The van der Waals surface area contributed by atoms with Crippen LogP contribution in [0.4, 0.5) is 0 Å². The van der Waals surface area contributed by atoms with Gasteiger partial charge in [0, 0.05) is 25.6 Å². The molecule has 0 radical (unpaired) electrons. The zero-order valence-electron chi connectivity index (χ0n) is 12.7. The van der Waals surface area contributed by atoms with E-state index in [-0.39, 0.29) is 30.7 Å². The molecule has 21 heavy (non-hydrogen) atoms. The van der Waals surface area contributed by atoms with E-state index < -0.39 is 17.9 Å². The normalized spacial score (nSPS) is 30.4. The van der Waals surface area contributed by atoms with Crippen molar-refractivity contribution in [2.45, 2.75) is 45.6 Å². The van der Waals surface area contributed by atoms with Gasteiger partial charge in [-0.2, -0.15) is 0 Å². The Labute approximate surface area is 125 Å². The fourth-order valence-corrected chi connectivity index (χ4v) is 3.49. The number of piperidine rings is 2. The summed E-state index contributed by atoms with van der Waals surface area (Å²) in [6.07, 6.45) is 3.35. The van der Waals surface area contributed by atoms with Crippen LogP contribution in [0, 0.1) is 11.8 Å². The third kappa shape index (κ3) is 3.36. The molecular weight excluding hydrogens is 272 g/mol. The first-order valence-corrected chi connectivity index (χ1v) is 7.72. The van der Waals surface area contributed by atoms with Crippen LogP contribution in [0.3, 0.4) is 0 Å². The summed E-state index contributed by atoms with van der Waals surface area (Å²) in [4.78, 5) is 39.1. The highest BCUT2D eigenvalue weighted by Gasteiger charge is 2.42. The minimum absolute atomic E-state index is 0.0104. The number of nitrogens with zero attached hydrogens (tertiary/aromatic N) is 2. The Morgan fingerprint density at radius 1 is 1.19 bits per heavy atom. The summed E-state index contributed by atoms with van der Waals surface area (Å²) in [5, 5.41) is 9.33. The van der Waals surface area contributed by atoms with E-state index in [9.17, 15) is 19.5 Å². The zero-order chi connectivity index (χ0) is 15.6. The Hall–Kier alpha value is -1.59. The molecule has 0 aromatic heterocycles. The summed E-state index contributed by atoms with van der Waals surface area (Å²) >= 11 is 0. The van der Waals surface area contributed by atoms with Gasteiger partial charge in [-0.3, -0.25) is 14.4 Å². The van der Waals surface area contributed by atoms with Crippen molar-refractivity contribution in [2.75, 3.05) is 19.6 Å². The van der Waals surface area contributed by atoms with Crippen LogP contribution in [0.15, 0.2) is 0 Å². The molecule has 6 heteroatoms. The third-order valence-electron chi connectivity index (χ3n) is 4.74. The largest absolute Gasteiger partial charge is 0.481 e. The number of hydrogen-bond donors (Lipinski definition) is 1. The Bertz CT molecular complexity index is 431. The van der Waals surface area contributed by atoms with Crippen LogP contribution >= 0.6 is 0 Å². The topological polar surface area (TPSA) is 77.9 Å². The van der Waals surface area contributed by atoms with E-state index in [1.54, 1.807) is 18.7 Å². The average Bonchev–Trinajstić information content (AvgIpc) is 2.43. The van der Waals surface area contributed by atoms with Gasteiger partial charge < -0.3 is 14.9 Å². The average molecular weight is 296 g/mol. The van der Waals surface area contributed by atoms with Gasteiger partial charge in [0.05, 0.1) is 5.92 Å². The van der Waals surface area contributed by atoms with Crippen molar-refractivity contribution in [2.24, 2.45) is 11.8 Å². The molecule has 6 nitrogen and oxygen atoms in total. The van der Waals surface area contributed by atoms with E-state index in [0.29, 0.717) is 0 Å². The van der Waals surface area contributed by atoms with Crippen LogP contribution in [0.25, 0.3) is 0 Å². The molecule has 0 aromatic rings. The van der Waals surface area contributed by atoms with Crippen molar-refractivity contribution < 1.29 is 19.5 Å². The number of rotatable bonds is 3. The van der Waals surface area contributed by atoms with Gasteiger partial charge in [-0.1, -0.05) is 6.92 Å². The quantitative estimate of drug-likeness (QED) is 0.841. The van der Waals surface area contributed by atoms with E-state index in [0.717, 1.165) is 32.4 Å². The summed E-state index contributed by atoms with van der Waals surface area (Å²) in [5.41, 5.74) is 0. The van der Waals surface area contributed by atoms with Gasteiger partial charge in [-0.15, -0.1) is 0 Å². The fourth-order valence-electron chi connectivity index (χ4n) is 3.49. The van der Waals surface area contributed by atoms with Crippen molar-refractivity contribution in [3.05, 3.63) is 0 Å². The second-order valence-corrected chi connectivity index (χ2v) is 6.25. The van der Waals surface area contributed by atoms with Crippen molar-refractivity contribution in [3.63, 3.8) is 0 Å². The van der Waals surface area contributed by atoms with Crippen molar-refractivity contribution in [1.29, 1.82) is 0 Å². The van der Waals surface area contributed by atoms with Gasteiger partial charge in [0.1, 0.15) is 6.54 Å². The Morgan fingerprint density at radius 3 is 2.38 bits per heavy atom. The lowest BCUT2D eigenvalue weighted by Gasteiger charge is -2.41. The second kappa shape index (κ2) is 6.45. The molecular formula is C15H24N2O4. The zero-order valence-corrected chi connectivity index (χ0v) is 12.7. The smallest absolute Gasteiger partial charge is 0.308 e. The number of likely N-dealkylation sites (tertiary alicyclic amines) is 2. The van der Waals surface area contributed by atoms with Crippen LogP contribution in [0.1, 0.15) is 39.5 Å². The third-order valence-corrected chi connectivity index (χ3v) is 4.74. The molecule has 2 amide bonds. The summed E-state index contributed by atoms with van der Waals surface area (Å²) in [6, 6.07) is -0.438. The molecule has 2 rings (SSSR count). The molecule has 0 aromatic carbocycles. The maximum absolute atomic E-state index is 12.3. The fraction of sp³-hybridized carbons (Fsp3) is 0.800. The molecule has 0 spiro atoms. The minimum atomic E-state index is -0.891. The highest BCUT2D eigenvalue weighted by Crippen LogP contribution is 2.30. The first-order valence-electron chi connectivity index (χ1n) is 7.72. The molecule has 118 valence electrons. The number of carboxylic acids is 1. The maximum Gasteiger partial charge on any atom is 0.308 e. The Balaban J connectivity index is 2.04. The van der Waals surface area contributed by atoms with Crippen LogP contribution in [-0.4, -0.2) is 58.4 Å². The summed E-state index contributed by atoms with van der Waals surface area (Å²) < 4.78 is 0. The second-order valence-electron chi connectivity index (χ2n) is 6.25. The number of carbonyl (C=O) groups is 3. The van der Waals surface area contributed by atoms with E-state index in [2.05, 4.69) is 0 Å². The molecule has 2 heterocycles. The highest BCUT2D eigenvalue weighted by molar-refractivity contribution is 5.87. The lowest BCUT2D eigenvalue weighted by atomic mass is 9.81. The highest BCUT2D eigenvalue weighted by atomic mass is 16.4. The maximum atomic E-state index is 12.3. The molecule has 3 unspecified atom stereocenters. The number of hydrogen-bond acceptors (Lipinski definition) is 3. The van der Waals surface area contributed by atoms with Gasteiger partial charge >= 0.3 is 5.97 Å². The molecule has 1 N–H and O–H groups in total. The summed E-state index contributed by atoms with van der Waals surface area (Å²) in [5.74, 6) is -1.85. The summed E-state index contributed by atoms with van der Waals surface area (Å²) in [7, 11) is 0. The predicted molar refractivity (Wildman–Crippen MR) is 76.5 cm³/mol. The van der Waals surface area contributed by atoms with Gasteiger partial charge in [-0.25, -0.2) is 0 Å². The number of aliphatic carboxylic acids is 1. The predicted octanol–water partition coefficient (Wildman–Crippen LogP) is 0.957. The molecule has 2 aliphatic rings. The molecule has 2 saturated heterocycles. The van der Waals surface area contributed by atoms with Crippen LogP contribution in [-0.2, 0) is 14.4 Å². The number of amides is 2. The van der Waals surface area contributed by atoms with Crippen LogP contribution < -0.4 is 0 Å². The van der Waals surface area contributed by atoms with Crippen LogP contribution in [0.5, 0.6) is 0 Å². The van der Waals surface area contributed by atoms with Gasteiger partial charge in [0.15, 0.2) is 0 Å². The number of carbonyl (C=O) groups excluding carboxylic acids is 2. The van der Waals surface area contributed by atoms with Crippen molar-refractivity contribution in [1.82, 2.24) is 9.80 Å². The monoisotopic (exact) mass is 296 g/mol. The van der Waals surface area contributed by atoms with Crippen LogP contribution in [0.2, 0.25) is 0 Å². The molecule has 2 fully saturated rings. The van der Waals surface area contributed by atoms with E-state index in [1.807, 2.05) is 0 Å². The molecule has 0 saturated carbocycles. The lowest BCUT2D eigenvalue weighted by molar-refractivity contribution is -0.157. The van der Waals surface area contributed by atoms with Gasteiger partial charge in [-0.05, 0) is 32.1 Å². The van der Waals surface area contributed by atoms with E-state index in [1.165, 1.54) is 4.90 Å². The molecule has 0 aliphatic carbocycles. The first-order chi connectivity index (χ1) is 9.91. The first kappa shape index (κ1) is 15.8. The lowest BCUT2D eigenvalue weighted by Crippen LogP contribution is -2.56. The summed E-state index contributed by atoms with van der Waals surface area (Å²) in [6.45, 7) is 5.02. The van der Waals surface area contributed by atoms with E-state index in [4.69, 9.17) is 0 Å². The number of carboxylic acid groups (broad SMARTS) is 1. The van der Waals surface area contributed by atoms with Crippen molar-refractivity contribution in [3.8, 4) is 0 Å². The van der Waals surface area contributed by atoms with Crippen molar-refractivity contribution >= 4 is 17.8 Å². The SMILES string of the molecule is CC1CC(=O)N(CC(=O)N2CCCCC2)C(C)C1C(=O)O. The Morgan fingerprint density at radius 2 is 1.81 bits per heavy atom. The molecule has 0 bridgehead atoms.